The molecule has 5 heterocycles. The smallest absolute Gasteiger partial charge is 0.181 e. The van der Waals surface area contributed by atoms with E-state index in [9.17, 15) is 4.39 Å². The second-order valence-corrected chi connectivity index (χ2v) is 10.1. The van der Waals surface area contributed by atoms with Crippen LogP contribution in [0, 0.1) is 18.7 Å². The van der Waals surface area contributed by atoms with E-state index in [1.54, 1.807) is 12.1 Å². The van der Waals surface area contributed by atoms with Crippen LogP contribution in [0.1, 0.15) is 35.4 Å². The summed E-state index contributed by atoms with van der Waals surface area (Å²) in [6.07, 6.45) is 12.7. The van der Waals surface area contributed by atoms with Crippen molar-refractivity contribution in [1.29, 1.82) is 0 Å². The number of fused-ring (bicyclic) bond motifs is 1. The highest BCUT2D eigenvalue weighted by Crippen LogP contribution is 2.32. The van der Waals surface area contributed by atoms with Gasteiger partial charge in [-0.1, -0.05) is 30.9 Å². The van der Waals surface area contributed by atoms with Crippen molar-refractivity contribution >= 4 is 16.6 Å². The summed E-state index contributed by atoms with van der Waals surface area (Å²) in [5.41, 5.74) is 7.68. The Bertz CT molecular complexity index is 1670. The van der Waals surface area contributed by atoms with Crippen LogP contribution in [0.5, 0.6) is 0 Å². The van der Waals surface area contributed by atoms with Gasteiger partial charge >= 0.3 is 0 Å². The molecule has 0 bridgehead atoms. The largest absolute Gasteiger partial charge is 0.340 e. The molecule has 0 radical (unpaired) electrons. The third-order valence-electron chi connectivity index (χ3n) is 7.32. The van der Waals surface area contributed by atoms with Crippen molar-refractivity contribution < 1.29 is 4.39 Å². The number of allylic oxidation sites excluding steroid dienone is 2. The number of aryl methyl sites for hydroxylation is 1. The highest BCUT2D eigenvalue weighted by Gasteiger charge is 2.19. The van der Waals surface area contributed by atoms with Crippen LogP contribution in [-0.4, -0.2) is 43.2 Å². The number of nitrogens with zero attached hydrogens (tertiary/aromatic N) is 4. The van der Waals surface area contributed by atoms with E-state index >= 15 is 0 Å². The van der Waals surface area contributed by atoms with E-state index in [2.05, 4.69) is 49.2 Å². The zero-order valence-electron chi connectivity index (χ0n) is 21.8. The van der Waals surface area contributed by atoms with E-state index < -0.39 is 0 Å². The van der Waals surface area contributed by atoms with Crippen molar-refractivity contribution in [2.45, 2.75) is 26.2 Å². The summed E-state index contributed by atoms with van der Waals surface area (Å²) in [5, 5.41) is 11.8. The first kappa shape index (κ1) is 24.9. The van der Waals surface area contributed by atoms with Crippen LogP contribution < -0.4 is 5.32 Å². The number of aromatic nitrogens is 6. The van der Waals surface area contributed by atoms with E-state index in [1.165, 1.54) is 30.5 Å². The second kappa shape index (κ2) is 10.7. The lowest BCUT2D eigenvalue weighted by Gasteiger charge is -2.22. The van der Waals surface area contributed by atoms with Gasteiger partial charge in [0.25, 0.3) is 0 Å². The summed E-state index contributed by atoms with van der Waals surface area (Å²) in [6, 6.07) is 10.8. The Kier molecular flexibility index (Phi) is 6.85. The molecule has 0 spiro atoms. The molecule has 0 unspecified atom stereocenters. The maximum atomic E-state index is 14.0. The molecule has 196 valence electrons. The molecule has 0 amide bonds. The average Bonchev–Trinajstić information content (AvgIpc) is 3.55. The quantitative estimate of drug-likeness (QED) is 0.229. The van der Waals surface area contributed by atoms with E-state index in [0.29, 0.717) is 17.4 Å². The molecule has 1 aromatic carbocycles. The number of benzene rings is 1. The van der Waals surface area contributed by atoms with Gasteiger partial charge in [0.2, 0.25) is 0 Å². The van der Waals surface area contributed by atoms with Crippen molar-refractivity contribution in [3.63, 3.8) is 0 Å². The molecule has 3 N–H and O–H groups in total. The fraction of sp³-hybridized carbons (Fsp3) is 0.226. The molecule has 0 atom stereocenters. The molecule has 5 aromatic rings. The fourth-order valence-corrected chi connectivity index (χ4v) is 5.34. The number of nitrogens with one attached hydrogen (secondary N) is 3. The molecule has 39 heavy (non-hydrogen) atoms. The van der Waals surface area contributed by atoms with Crippen LogP contribution in [0.3, 0.4) is 0 Å². The van der Waals surface area contributed by atoms with Crippen molar-refractivity contribution in [1.82, 2.24) is 35.5 Å². The van der Waals surface area contributed by atoms with Gasteiger partial charge in [0, 0.05) is 41.0 Å². The Labute approximate surface area is 226 Å². The Morgan fingerprint density at radius 1 is 1.10 bits per heavy atom. The molecule has 1 aliphatic rings. The van der Waals surface area contributed by atoms with Crippen LogP contribution in [-0.2, 0) is 6.42 Å². The minimum atomic E-state index is -0.302. The Hall–Kier alpha value is -4.43. The number of H-pyrrole nitrogens is 2. The van der Waals surface area contributed by atoms with Crippen LogP contribution >= 0.6 is 0 Å². The number of halogens is 1. The normalized spacial score (nSPS) is 14.7. The molecule has 1 fully saturated rings. The standard InChI is InChI=1S/C31H30FN7/c1-3-5-26(22-6-4-7-25(32)14-22)28-19(2)36-31(37-28)29-27-15-24(18-35-30(27)39-38-29)23-13-21(16-34-17-23)12-20-8-10-33-11-9-20/h3-7,13-18,20,33H,1,8-12H2,2H3,(H,36,37)(H,35,38,39)/b26-5-. The van der Waals surface area contributed by atoms with E-state index in [0.717, 1.165) is 64.2 Å². The first-order chi connectivity index (χ1) is 19.1. The number of pyridine rings is 2. The molecule has 0 aliphatic carbocycles. The maximum absolute atomic E-state index is 14.0. The molecule has 7 nitrogen and oxygen atoms in total. The minimum Gasteiger partial charge on any atom is -0.340 e. The molecule has 1 saturated heterocycles. The Morgan fingerprint density at radius 2 is 1.95 bits per heavy atom. The molecular weight excluding hydrogens is 489 g/mol. The number of aromatic amines is 2. The molecule has 0 saturated carbocycles. The average molecular weight is 520 g/mol. The van der Waals surface area contributed by atoms with Gasteiger partial charge in [0.1, 0.15) is 11.5 Å². The third-order valence-corrected chi connectivity index (χ3v) is 7.32. The summed E-state index contributed by atoms with van der Waals surface area (Å²) in [5.74, 6) is 1.02. The Morgan fingerprint density at radius 3 is 2.77 bits per heavy atom. The predicted molar refractivity (Wildman–Crippen MR) is 152 cm³/mol. The molecular formula is C31H30FN7. The topological polar surface area (TPSA) is 95.2 Å². The summed E-state index contributed by atoms with van der Waals surface area (Å²) in [6.45, 7) is 7.96. The number of rotatable bonds is 7. The van der Waals surface area contributed by atoms with Crippen molar-refractivity contribution in [3.05, 3.63) is 102 Å². The lowest BCUT2D eigenvalue weighted by atomic mass is 9.91. The highest BCUT2D eigenvalue weighted by molar-refractivity contribution is 5.92. The maximum Gasteiger partial charge on any atom is 0.181 e. The van der Waals surface area contributed by atoms with Crippen LogP contribution in [0.2, 0.25) is 0 Å². The van der Waals surface area contributed by atoms with Crippen molar-refractivity contribution in [2.75, 3.05) is 13.1 Å². The predicted octanol–water partition coefficient (Wildman–Crippen LogP) is 6.02. The monoisotopic (exact) mass is 519 g/mol. The van der Waals surface area contributed by atoms with E-state index in [-0.39, 0.29) is 5.82 Å². The first-order valence-corrected chi connectivity index (χ1v) is 13.2. The zero-order chi connectivity index (χ0) is 26.8. The molecule has 8 heteroatoms. The van der Waals surface area contributed by atoms with E-state index in [1.807, 2.05) is 37.7 Å². The first-order valence-electron chi connectivity index (χ1n) is 13.2. The van der Waals surface area contributed by atoms with Gasteiger partial charge in [-0.3, -0.25) is 10.1 Å². The SMILES string of the molecule is C=C/C=C(/c1cccc(F)c1)c1nc(-c2[nH]nc3ncc(-c4cncc(CC5CCNCC5)c4)cc23)[nH]c1C. The van der Waals surface area contributed by atoms with Crippen LogP contribution in [0.25, 0.3) is 39.3 Å². The number of hydrogen-bond acceptors (Lipinski definition) is 5. The van der Waals surface area contributed by atoms with E-state index in [4.69, 9.17) is 4.98 Å². The fourth-order valence-electron chi connectivity index (χ4n) is 5.34. The summed E-state index contributed by atoms with van der Waals surface area (Å²) in [4.78, 5) is 17.4. The summed E-state index contributed by atoms with van der Waals surface area (Å²) >= 11 is 0. The number of piperidine rings is 1. The molecule has 6 rings (SSSR count). The van der Waals surface area contributed by atoms with Gasteiger partial charge in [0.15, 0.2) is 11.5 Å². The third kappa shape index (κ3) is 5.15. The van der Waals surface area contributed by atoms with Gasteiger partial charge in [0.05, 0.1) is 11.1 Å². The second-order valence-electron chi connectivity index (χ2n) is 10.1. The van der Waals surface area contributed by atoms with Gasteiger partial charge < -0.3 is 10.3 Å². The zero-order valence-corrected chi connectivity index (χ0v) is 21.8. The number of hydrogen-bond donors (Lipinski definition) is 3. The van der Waals surface area contributed by atoms with Gasteiger partial charge in [-0.2, -0.15) is 5.10 Å². The summed E-state index contributed by atoms with van der Waals surface area (Å²) < 4.78 is 14.0. The molecule has 4 aromatic heterocycles. The minimum absolute atomic E-state index is 0.302. The van der Waals surface area contributed by atoms with Crippen LogP contribution in [0.15, 0.2) is 73.7 Å². The molecule has 1 aliphatic heterocycles. The van der Waals surface area contributed by atoms with Gasteiger partial charge in [-0.05, 0) is 80.6 Å². The lowest BCUT2D eigenvalue weighted by Crippen LogP contribution is -2.28. The van der Waals surface area contributed by atoms with Gasteiger partial charge in [-0.25, -0.2) is 14.4 Å². The highest BCUT2D eigenvalue weighted by atomic mass is 19.1. The van der Waals surface area contributed by atoms with Gasteiger partial charge in [-0.15, -0.1) is 0 Å². The van der Waals surface area contributed by atoms with Crippen molar-refractivity contribution in [3.8, 4) is 22.6 Å². The van der Waals surface area contributed by atoms with Crippen LogP contribution in [0.4, 0.5) is 4.39 Å². The number of imidazole rings is 1. The van der Waals surface area contributed by atoms with Crippen molar-refractivity contribution in [2.24, 2.45) is 5.92 Å². The Balaban J connectivity index is 1.35. The summed E-state index contributed by atoms with van der Waals surface area (Å²) in [7, 11) is 0. The lowest BCUT2D eigenvalue weighted by molar-refractivity contribution is 0.372.